The third-order valence-electron chi connectivity index (χ3n) is 16.4. The van der Waals surface area contributed by atoms with E-state index in [2.05, 4.69) is 10.6 Å². The van der Waals surface area contributed by atoms with Crippen LogP contribution in [0.4, 0.5) is 0 Å². The van der Waals surface area contributed by atoms with Crippen LogP contribution >= 0.6 is 0 Å². The molecule has 2 saturated heterocycles. The smallest absolute Gasteiger partial charge is 0.310 e. The molecule has 0 saturated carbocycles. The number of aromatic hydroxyl groups is 1. The molecular weight excluding hydrogens is 1430 g/mol. The molecule has 6 heterocycles. The Balaban J connectivity index is 0.000000153. The van der Waals surface area contributed by atoms with Gasteiger partial charge >= 0.3 is 11.9 Å². The van der Waals surface area contributed by atoms with Gasteiger partial charge in [0.25, 0.3) is 0 Å². The van der Waals surface area contributed by atoms with Crippen LogP contribution in [0.1, 0.15) is 73.6 Å². The maximum Gasteiger partial charge on any atom is 0.310 e. The van der Waals surface area contributed by atoms with Gasteiger partial charge in [-0.05, 0) is 167 Å². The molecule has 2 atom stereocenters. The third kappa shape index (κ3) is 17.4. The molecule has 4 aromatic heterocycles. The summed E-state index contributed by atoms with van der Waals surface area (Å²) in [5.74, 6) is 0.302. The molecule has 8 aromatic carbocycles. The van der Waals surface area contributed by atoms with E-state index in [4.69, 9.17) is 55.6 Å². The van der Waals surface area contributed by atoms with E-state index in [0.29, 0.717) is 78.5 Å². The van der Waals surface area contributed by atoms with Crippen LogP contribution in [-0.2, 0) is 86.4 Å². The van der Waals surface area contributed by atoms with E-state index in [1.54, 1.807) is 72.4 Å². The van der Waals surface area contributed by atoms with E-state index < -0.39 is 0 Å². The van der Waals surface area contributed by atoms with E-state index in [1.165, 1.54) is 0 Å². The van der Waals surface area contributed by atoms with Crippen LogP contribution in [0, 0.1) is 7.43 Å². The van der Waals surface area contributed by atoms with Crippen LogP contribution in [-0.4, -0.2) is 115 Å². The molecule has 22 heteroatoms. The Bertz CT molecular complexity index is 4670. The first-order valence-corrected chi connectivity index (χ1v) is 31.5. The summed E-state index contributed by atoms with van der Waals surface area (Å²) in [5.41, 5.74) is 6.20. The molecule has 2 unspecified atom stereocenters. The second-order valence-electron chi connectivity index (χ2n) is 22.9. The molecule has 2 fully saturated rings. The summed E-state index contributed by atoms with van der Waals surface area (Å²) in [7, 11) is 4.91. The fraction of sp³-hybridized carbons (Fsp3) is 0.276. The summed E-state index contributed by atoms with van der Waals surface area (Å²) in [6.45, 7) is 7.38. The van der Waals surface area contributed by atoms with Gasteiger partial charge in [0.15, 0.2) is 0 Å². The minimum atomic E-state index is -0.368. The summed E-state index contributed by atoms with van der Waals surface area (Å²) in [6.07, 6.45) is 8.52. The Kier molecular flexibility index (Phi) is 24.9. The first-order chi connectivity index (χ1) is 46.7. The fourth-order valence-corrected chi connectivity index (χ4v) is 11.7. The van der Waals surface area contributed by atoms with E-state index >= 15 is 0 Å². The molecule has 3 N–H and O–H groups in total. The van der Waals surface area contributed by atoms with Gasteiger partial charge in [-0.25, -0.2) is 0 Å². The maximum absolute atomic E-state index is 12.2. The molecule has 12 aromatic rings. The van der Waals surface area contributed by atoms with Gasteiger partial charge in [-0.1, -0.05) is 24.3 Å². The van der Waals surface area contributed by atoms with Crippen LogP contribution in [0.3, 0.4) is 0 Å². The van der Waals surface area contributed by atoms with Gasteiger partial charge in [-0.2, -0.15) is 0 Å². The van der Waals surface area contributed by atoms with Crippen LogP contribution in [0.2, 0.25) is 0 Å². The molecule has 14 rings (SSSR count). The molecular formula is C76H75N2O19W-. The molecule has 0 radical (unpaired) electrons. The standard InChI is InChI=1S/2C20H19NO5.C19H20O5.C16H14O4.CH3.W/c2*1-24-6-7-25-14-3-2-12-10-18-16(9-13(12)8-14)17(11-26-18)15-4-5-19(22)21-20(15)23;1-3-22-19(20)11-15-12-24-18-10-13-4-5-16(23-7-6-21-2)8-14(13)9-17(15)18;1-2-19-16(18)8-12-9-20-15-7-10-3-4-13(17)5-11(10)6-14(12)15;;/h2*2-3,8-11,15H,4-7H2,1H3,(H,21,22,23);4-5,8-10,12H,3,6-7,11H2,1-2H3;3-7,9,17H,2,8H2,1H3;1H3;/q;;;;-1;. The topological polar surface area (TPSA) is 273 Å². The number of imide groups is 2. The third-order valence-corrected chi connectivity index (χ3v) is 16.4. The first kappa shape index (κ1) is 72.2. The van der Waals surface area contributed by atoms with E-state index in [9.17, 15) is 33.9 Å². The van der Waals surface area contributed by atoms with Crippen LogP contribution < -0.4 is 24.8 Å². The number of benzene rings is 8. The number of phenols is 1. The van der Waals surface area contributed by atoms with E-state index in [1.807, 2.05) is 109 Å². The number of phenolic OH excluding ortho intramolecular Hbond substituents is 1. The number of rotatable bonds is 20. The zero-order valence-corrected chi connectivity index (χ0v) is 58.0. The van der Waals surface area contributed by atoms with Crippen molar-refractivity contribution in [3.63, 3.8) is 0 Å². The van der Waals surface area contributed by atoms with E-state index in [-0.39, 0.29) is 94.5 Å². The van der Waals surface area contributed by atoms with Crippen molar-refractivity contribution in [3.8, 4) is 23.0 Å². The first-order valence-electron chi connectivity index (χ1n) is 31.5. The number of hydrogen-bond donors (Lipinski definition) is 3. The molecule has 4 amide bonds. The Morgan fingerprint density at radius 1 is 0.439 bits per heavy atom. The number of furan rings is 4. The molecule has 2 aliphatic rings. The van der Waals surface area contributed by atoms with Crippen molar-refractivity contribution in [1.82, 2.24) is 10.6 Å². The maximum atomic E-state index is 12.2. The van der Waals surface area contributed by atoms with Crippen LogP contribution in [0.5, 0.6) is 23.0 Å². The second-order valence-corrected chi connectivity index (χ2v) is 22.9. The SMILES string of the molecule is CCOC(=O)Cc1coc2cc3ccc(O)cc3cc12.CCOC(=O)Cc1coc2cc3ccc(OCCOC)cc3cc12.COCCOc1ccc2cc3occ(C4CCC(=O)NC4=O)c3cc2c1.COCCOc1ccc2cc3occ(C4CCC(=O)NC4=O)c3cc2c1.[CH3-].[W]. The van der Waals surface area contributed by atoms with Crippen molar-refractivity contribution in [2.24, 2.45) is 0 Å². The summed E-state index contributed by atoms with van der Waals surface area (Å²) in [6, 6.07) is 38.5. The predicted molar refractivity (Wildman–Crippen MR) is 366 cm³/mol. The second kappa shape index (κ2) is 33.8. The molecule has 0 aliphatic carbocycles. The number of ether oxygens (including phenoxy) is 8. The van der Waals surface area contributed by atoms with Crippen molar-refractivity contribution < 1.29 is 111 Å². The number of carbonyl (C=O) groups is 6. The predicted octanol–water partition coefficient (Wildman–Crippen LogP) is 13.8. The van der Waals surface area contributed by atoms with Gasteiger partial charge in [0, 0.05) is 99.0 Å². The van der Waals surface area contributed by atoms with Crippen molar-refractivity contribution in [1.29, 1.82) is 0 Å². The average Bonchev–Trinajstić information content (AvgIpc) is 1.57. The molecule has 21 nitrogen and oxygen atoms in total. The molecule has 2 aliphatic heterocycles. The van der Waals surface area contributed by atoms with Crippen molar-refractivity contribution in [2.75, 3.05) is 74.2 Å². The number of hydrogen-bond acceptors (Lipinski definition) is 19. The molecule has 0 spiro atoms. The molecule has 0 bridgehead atoms. The van der Waals surface area contributed by atoms with Gasteiger partial charge in [-0.15, -0.1) is 0 Å². The van der Waals surface area contributed by atoms with Gasteiger partial charge in [0.1, 0.15) is 65.2 Å². The summed E-state index contributed by atoms with van der Waals surface area (Å²) in [5, 5.41) is 26.0. The average molecular weight is 1500 g/mol. The Morgan fingerprint density at radius 2 is 0.776 bits per heavy atom. The fourth-order valence-electron chi connectivity index (χ4n) is 11.7. The van der Waals surface area contributed by atoms with Gasteiger partial charge in [0.2, 0.25) is 23.6 Å². The minimum Gasteiger partial charge on any atom is -0.508 e. The Labute approximate surface area is 578 Å². The summed E-state index contributed by atoms with van der Waals surface area (Å²) in [4.78, 5) is 70.5. The Hall–Kier alpha value is -10.1. The van der Waals surface area contributed by atoms with Gasteiger partial charge < -0.3 is 68.1 Å². The number of fused-ring (bicyclic) bond motifs is 8. The van der Waals surface area contributed by atoms with Crippen molar-refractivity contribution in [3.05, 3.63) is 176 Å². The largest absolute Gasteiger partial charge is 0.508 e. The number of nitrogens with one attached hydrogen (secondary N) is 2. The number of piperidine rings is 2. The Morgan fingerprint density at radius 3 is 1.13 bits per heavy atom. The van der Waals surface area contributed by atoms with Crippen molar-refractivity contribution >= 4 is 123 Å². The normalized spacial score (nSPS) is 14.3. The zero-order valence-electron chi connectivity index (χ0n) is 55.1. The van der Waals surface area contributed by atoms with E-state index in [0.717, 1.165) is 126 Å². The number of carbonyl (C=O) groups excluding carboxylic acids is 6. The van der Waals surface area contributed by atoms with Crippen LogP contribution in [0.15, 0.2) is 164 Å². The van der Waals surface area contributed by atoms with Crippen LogP contribution in [0.25, 0.3) is 87.0 Å². The minimum absolute atomic E-state index is 0. The summed E-state index contributed by atoms with van der Waals surface area (Å²) < 4.78 is 64.4. The summed E-state index contributed by atoms with van der Waals surface area (Å²) >= 11 is 0. The number of methoxy groups -OCH3 is 3. The number of amides is 4. The molecule has 98 heavy (non-hydrogen) atoms. The molecule has 510 valence electrons. The van der Waals surface area contributed by atoms with Crippen molar-refractivity contribution in [2.45, 2.75) is 64.2 Å². The number of esters is 2. The quantitative estimate of drug-likeness (QED) is 0.0277. The zero-order chi connectivity index (χ0) is 67.2. The van der Waals surface area contributed by atoms with Gasteiger partial charge in [-0.3, -0.25) is 39.4 Å². The van der Waals surface area contributed by atoms with Gasteiger partial charge in [0.05, 0.1) is 82.8 Å². The monoisotopic (exact) mass is 1500 g/mol.